The molecule has 0 aliphatic carbocycles. The van der Waals surface area contributed by atoms with E-state index < -0.39 is 40.3 Å². The maximum Gasteiger partial charge on any atom is 0.271 e. The Kier molecular flexibility index (Phi) is 2.65. The lowest BCUT2D eigenvalue weighted by molar-refractivity contribution is -0.384. The van der Waals surface area contributed by atoms with E-state index in [2.05, 4.69) is 0 Å². The maximum atomic E-state index is 12.7. The minimum Gasteiger partial charge on any atom is -0.550 e. The number of non-ortho nitro benzene ring substituents is 1. The number of nitrogens with zero attached hydrogens (tertiary/aromatic N) is 2. The van der Waals surface area contributed by atoms with Crippen molar-refractivity contribution >= 4 is 23.3 Å². The largest absolute Gasteiger partial charge is 0.550 e. The summed E-state index contributed by atoms with van der Waals surface area (Å²) in [6, 6.07) is 5.68. The highest BCUT2D eigenvalue weighted by molar-refractivity contribution is 6.02. The third kappa shape index (κ3) is 1.75. The first-order valence-electron chi connectivity index (χ1n) is 7.07. The summed E-state index contributed by atoms with van der Waals surface area (Å²) in [5, 5.41) is 22.3. The average Bonchev–Trinajstić information content (AvgIpc) is 3.15. The van der Waals surface area contributed by atoms with Crippen molar-refractivity contribution in [2.75, 3.05) is 11.4 Å². The first kappa shape index (κ1) is 13.9. The van der Waals surface area contributed by atoms with Crippen molar-refractivity contribution in [3.8, 4) is 0 Å². The molecule has 1 aromatic carbocycles. The Morgan fingerprint density at radius 1 is 1.43 bits per heavy atom. The van der Waals surface area contributed by atoms with Gasteiger partial charge >= 0.3 is 0 Å². The van der Waals surface area contributed by atoms with Gasteiger partial charge in [-0.25, -0.2) is 0 Å². The first-order valence-corrected chi connectivity index (χ1v) is 7.07. The highest BCUT2D eigenvalue weighted by atomic mass is 16.6. The number of nitro benzene ring substituents is 1. The number of hydrogen-bond acceptors (Lipinski definition) is 6. The molecule has 0 N–H and O–H groups in total. The van der Waals surface area contributed by atoms with Crippen molar-refractivity contribution in [2.24, 2.45) is 11.8 Å². The van der Waals surface area contributed by atoms with Crippen LogP contribution in [0.15, 0.2) is 36.4 Å². The lowest BCUT2D eigenvalue weighted by Crippen LogP contribution is -2.45. The molecule has 4 atom stereocenters. The normalized spacial score (nSPS) is 34.0. The van der Waals surface area contributed by atoms with Crippen molar-refractivity contribution < 1.29 is 24.4 Å². The van der Waals surface area contributed by atoms with Gasteiger partial charge in [-0.3, -0.25) is 14.9 Å². The molecule has 0 radical (unpaired) electrons. The lowest BCUT2D eigenvalue weighted by Gasteiger charge is -2.24. The summed E-state index contributed by atoms with van der Waals surface area (Å²) in [4.78, 5) is 35.8. The molecular weight excluding hydrogens is 304 g/mol. The van der Waals surface area contributed by atoms with Gasteiger partial charge < -0.3 is 19.5 Å². The minimum atomic E-state index is -1.32. The number of nitro groups is 1. The molecule has 2 fully saturated rings. The molecule has 0 unspecified atom stereocenters. The van der Waals surface area contributed by atoms with Gasteiger partial charge in [0.1, 0.15) is 5.60 Å². The number of carboxylic acid groups (broad SMARTS) is 1. The minimum absolute atomic E-state index is 0.133. The van der Waals surface area contributed by atoms with Crippen molar-refractivity contribution in [1.82, 2.24) is 0 Å². The molecule has 4 rings (SSSR count). The molecule has 0 aromatic heterocycles. The zero-order valence-electron chi connectivity index (χ0n) is 11.7. The van der Waals surface area contributed by atoms with Crippen LogP contribution in [0.3, 0.4) is 0 Å². The van der Waals surface area contributed by atoms with Gasteiger partial charge in [-0.05, 0) is 6.07 Å². The van der Waals surface area contributed by atoms with E-state index in [1.165, 1.54) is 23.1 Å². The van der Waals surface area contributed by atoms with Crippen LogP contribution in [0.2, 0.25) is 0 Å². The summed E-state index contributed by atoms with van der Waals surface area (Å²) in [7, 11) is 0. The summed E-state index contributed by atoms with van der Waals surface area (Å²) in [5.74, 6) is -3.62. The Morgan fingerprint density at radius 3 is 2.91 bits per heavy atom. The number of rotatable bonds is 3. The van der Waals surface area contributed by atoms with Gasteiger partial charge in [0.25, 0.3) is 5.69 Å². The van der Waals surface area contributed by atoms with Crippen LogP contribution in [-0.4, -0.2) is 35.0 Å². The number of amides is 1. The van der Waals surface area contributed by atoms with E-state index in [9.17, 15) is 24.8 Å². The maximum absolute atomic E-state index is 12.7. The van der Waals surface area contributed by atoms with E-state index >= 15 is 0 Å². The highest BCUT2D eigenvalue weighted by Gasteiger charge is 2.65. The van der Waals surface area contributed by atoms with E-state index in [4.69, 9.17) is 4.74 Å². The molecule has 1 spiro atoms. The molecule has 0 saturated carbocycles. The molecule has 3 aliphatic heterocycles. The van der Waals surface area contributed by atoms with Gasteiger partial charge in [-0.1, -0.05) is 18.2 Å². The van der Waals surface area contributed by atoms with Crippen LogP contribution < -0.4 is 10.0 Å². The summed E-state index contributed by atoms with van der Waals surface area (Å²) >= 11 is 0. The number of carbonyl (C=O) groups excluding carboxylic acids is 2. The zero-order chi connectivity index (χ0) is 16.4. The number of carbonyl (C=O) groups is 2. The fourth-order valence-electron chi connectivity index (χ4n) is 3.76. The number of carboxylic acids is 1. The molecule has 1 amide bonds. The Morgan fingerprint density at radius 2 is 2.22 bits per heavy atom. The second-order valence-corrected chi connectivity index (χ2v) is 5.92. The van der Waals surface area contributed by atoms with Crippen LogP contribution in [-0.2, 0) is 14.3 Å². The molecule has 2 saturated heterocycles. The van der Waals surface area contributed by atoms with Gasteiger partial charge in [0, 0.05) is 24.0 Å². The monoisotopic (exact) mass is 315 g/mol. The number of aliphatic carboxylic acids is 1. The molecule has 3 aliphatic rings. The molecule has 1 aromatic rings. The van der Waals surface area contributed by atoms with E-state index in [0.717, 1.165) is 0 Å². The van der Waals surface area contributed by atoms with Crippen molar-refractivity contribution in [3.63, 3.8) is 0 Å². The number of ether oxygens (including phenoxy) is 1. The summed E-state index contributed by atoms with van der Waals surface area (Å²) in [6.07, 6.45) is 2.71. The molecule has 3 heterocycles. The standard InChI is InChI=1S/C15H12N2O6/c18-13-12-11(14(19)20)10-4-5-15(12,23-10)7-16(13)8-2-1-3-9(6-8)17(21)22/h1-6,10-12H,7H2,(H,19,20)/p-1/t10-,11+,12-,15-/m1/s1. The van der Waals surface area contributed by atoms with Gasteiger partial charge in [-0.2, -0.15) is 0 Å². The number of hydrogen-bond donors (Lipinski definition) is 0. The molecular formula is C15H11N2O6-. The molecule has 118 valence electrons. The van der Waals surface area contributed by atoms with E-state index in [1.807, 2.05) is 0 Å². The van der Waals surface area contributed by atoms with Crippen molar-refractivity contribution in [3.05, 3.63) is 46.5 Å². The van der Waals surface area contributed by atoms with Crippen LogP contribution in [0.1, 0.15) is 0 Å². The quantitative estimate of drug-likeness (QED) is 0.427. The van der Waals surface area contributed by atoms with Gasteiger partial charge in [0.2, 0.25) is 5.91 Å². The molecule has 8 nitrogen and oxygen atoms in total. The first-order chi connectivity index (χ1) is 10.9. The summed E-state index contributed by atoms with van der Waals surface area (Å²) in [6.45, 7) is 0.133. The predicted octanol–water partition coefficient (Wildman–Crippen LogP) is -0.369. The third-order valence-electron chi connectivity index (χ3n) is 4.72. The van der Waals surface area contributed by atoms with Crippen LogP contribution in [0.5, 0.6) is 0 Å². The Bertz CT molecular complexity index is 775. The second kappa shape index (κ2) is 4.39. The topological polar surface area (TPSA) is 113 Å². The van der Waals surface area contributed by atoms with Gasteiger partial charge in [-0.15, -0.1) is 0 Å². The smallest absolute Gasteiger partial charge is 0.271 e. The van der Waals surface area contributed by atoms with Crippen LogP contribution in [0, 0.1) is 22.0 Å². The van der Waals surface area contributed by atoms with E-state index in [0.29, 0.717) is 5.69 Å². The Labute approximate surface area is 130 Å². The molecule has 2 bridgehead atoms. The average molecular weight is 315 g/mol. The molecule has 8 heteroatoms. The number of anilines is 1. The van der Waals surface area contributed by atoms with E-state index in [1.54, 1.807) is 18.2 Å². The Balaban J connectivity index is 1.73. The van der Waals surface area contributed by atoms with Gasteiger partial charge in [0.05, 0.1) is 29.2 Å². The summed E-state index contributed by atoms with van der Waals surface area (Å²) in [5.41, 5.74) is -0.774. The third-order valence-corrected chi connectivity index (χ3v) is 4.72. The second-order valence-electron chi connectivity index (χ2n) is 5.92. The van der Waals surface area contributed by atoms with Crippen LogP contribution in [0.25, 0.3) is 0 Å². The van der Waals surface area contributed by atoms with E-state index in [-0.39, 0.29) is 12.2 Å². The predicted molar refractivity (Wildman–Crippen MR) is 74.2 cm³/mol. The Hall–Kier alpha value is -2.74. The SMILES string of the molecule is O=C([O-])[C@H]1[C@H]2C=C[C@]3(CN(c4cccc([N+](=O)[O-])c4)C(=O)[C@@H]13)O2. The summed E-state index contributed by atoms with van der Waals surface area (Å²) < 4.78 is 5.73. The molecule has 23 heavy (non-hydrogen) atoms. The van der Waals surface area contributed by atoms with Crippen molar-refractivity contribution in [2.45, 2.75) is 11.7 Å². The van der Waals surface area contributed by atoms with Crippen LogP contribution >= 0.6 is 0 Å². The number of fused-ring (bicyclic) bond motifs is 1. The lowest BCUT2D eigenvalue weighted by atomic mass is 9.77. The number of benzene rings is 1. The van der Waals surface area contributed by atoms with Crippen molar-refractivity contribution in [1.29, 1.82) is 0 Å². The fourth-order valence-corrected chi connectivity index (χ4v) is 3.76. The zero-order valence-corrected chi connectivity index (χ0v) is 11.7. The van der Waals surface area contributed by atoms with Crippen LogP contribution in [0.4, 0.5) is 11.4 Å². The fraction of sp³-hybridized carbons (Fsp3) is 0.333. The highest BCUT2D eigenvalue weighted by Crippen LogP contribution is 2.52. The van der Waals surface area contributed by atoms with Gasteiger partial charge in [0.15, 0.2) is 0 Å².